The van der Waals surface area contributed by atoms with Gasteiger partial charge < -0.3 is 24.6 Å². The second kappa shape index (κ2) is 12.0. The summed E-state index contributed by atoms with van der Waals surface area (Å²) in [7, 11) is 3.06. The van der Waals surface area contributed by atoms with E-state index in [4.69, 9.17) is 14.6 Å². The molecule has 7 nitrogen and oxygen atoms in total. The maximum Gasteiger partial charge on any atom is 0.303 e. The molecule has 2 aromatic carbocycles. The highest BCUT2D eigenvalue weighted by atomic mass is 16.5. The van der Waals surface area contributed by atoms with Crippen molar-refractivity contribution in [2.45, 2.75) is 38.7 Å². The van der Waals surface area contributed by atoms with Gasteiger partial charge in [-0.3, -0.25) is 9.59 Å². The number of carboxylic acid groups (broad SMARTS) is 1. The van der Waals surface area contributed by atoms with E-state index in [1.807, 2.05) is 37.3 Å². The molecule has 1 atom stereocenters. The number of aliphatic carboxylic acids is 1. The molecule has 168 valence electrons. The normalized spacial score (nSPS) is 11.6. The molecule has 2 N–H and O–H groups in total. The smallest absolute Gasteiger partial charge is 0.303 e. The van der Waals surface area contributed by atoms with Crippen LogP contribution in [0.25, 0.3) is 0 Å². The lowest BCUT2D eigenvalue weighted by Crippen LogP contribution is -2.38. The summed E-state index contributed by atoms with van der Waals surface area (Å²) in [6.45, 7) is 2.33. The molecule has 0 aliphatic carbocycles. The zero-order valence-corrected chi connectivity index (χ0v) is 18.3. The summed E-state index contributed by atoms with van der Waals surface area (Å²) in [5, 5.41) is 19.2. The molecule has 2 aromatic rings. The standard InChI is InChI=1S/C24H31NO6/c1-17-21(30-2)14-19(15-22(17)31-3)24(29)25(16-20(26)11-12-23(27)28)13-7-10-18-8-5-4-6-9-18/h4-6,8-9,14-15,20,26H,7,10-13,16H2,1-3H3,(H,27,28)/t20-/m1/s1. The maximum absolute atomic E-state index is 13.3. The van der Waals surface area contributed by atoms with E-state index < -0.39 is 12.1 Å². The van der Waals surface area contributed by atoms with Crippen LogP contribution in [-0.2, 0) is 11.2 Å². The fourth-order valence-electron chi connectivity index (χ4n) is 3.42. The van der Waals surface area contributed by atoms with Gasteiger partial charge in [-0.15, -0.1) is 0 Å². The van der Waals surface area contributed by atoms with E-state index in [9.17, 15) is 14.7 Å². The average Bonchev–Trinajstić information content (AvgIpc) is 2.77. The Morgan fingerprint density at radius 1 is 1.06 bits per heavy atom. The number of ether oxygens (including phenoxy) is 2. The number of aliphatic hydroxyl groups excluding tert-OH is 1. The molecule has 0 aromatic heterocycles. The van der Waals surface area contributed by atoms with Gasteiger partial charge in [0.1, 0.15) is 11.5 Å². The molecule has 0 saturated carbocycles. The molecule has 31 heavy (non-hydrogen) atoms. The number of amides is 1. The first-order valence-electron chi connectivity index (χ1n) is 10.3. The van der Waals surface area contributed by atoms with E-state index in [-0.39, 0.29) is 25.3 Å². The average molecular weight is 430 g/mol. The first kappa shape index (κ1) is 24.2. The summed E-state index contributed by atoms with van der Waals surface area (Å²) in [5.41, 5.74) is 2.35. The number of aryl methyl sites for hydroxylation is 1. The number of hydrogen-bond acceptors (Lipinski definition) is 5. The van der Waals surface area contributed by atoms with Crippen LogP contribution >= 0.6 is 0 Å². The van der Waals surface area contributed by atoms with Crippen LogP contribution in [0.4, 0.5) is 0 Å². The van der Waals surface area contributed by atoms with Crippen molar-refractivity contribution in [2.24, 2.45) is 0 Å². The first-order valence-corrected chi connectivity index (χ1v) is 10.3. The summed E-state index contributed by atoms with van der Waals surface area (Å²) >= 11 is 0. The lowest BCUT2D eigenvalue weighted by atomic mass is 10.1. The van der Waals surface area contributed by atoms with Gasteiger partial charge in [0.2, 0.25) is 0 Å². The summed E-state index contributed by atoms with van der Waals surface area (Å²) in [6, 6.07) is 13.3. The second-order valence-corrected chi connectivity index (χ2v) is 7.43. The summed E-state index contributed by atoms with van der Waals surface area (Å²) < 4.78 is 10.8. The molecule has 0 spiro atoms. The minimum atomic E-state index is -0.978. The molecule has 0 unspecified atom stereocenters. The Labute approximate surface area is 183 Å². The third-order valence-electron chi connectivity index (χ3n) is 5.15. The van der Waals surface area contributed by atoms with Crippen molar-refractivity contribution in [3.05, 3.63) is 59.2 Å². The minimum Gasteiger partial charge on any atom is -0.496 e. The van der Waals surface area contributed by atoms with Gasteiger partial charge >= 0.3 is 5.97 Å². The lowest BCUT2D eigenvalue weighted by Gasteiger charge is -2.26. The van der Waals surface area contributed by atoms with E-state index in [0.717, 1.165) is 12.0 Å². The molecular weight excluding hydrogens is 398 g/mol. The molecule has 1 amide bonds. The predicted molar refractivity (Wildman–Crippen MR) is 118 cm³/mol. The van der Waals surface area contributed by atoms with Crippen molar-refractivity contribution in [1.82, 2.24) is 4.90 Å². The van der Waals surface area contributed by atoms with E-state index in [0.29, 0.717) is 30.0 Å². The lowest BCUT2D eigenvalue weighted by molar-refractivity contribution is -0.137. The monoisotopic (exact) mass is 429 g/mol. The highest BCUT2D eigenvalue weighted by Crippen LogP contribution is 2.30. The Bertz CT molecular complexity index is 843. The van der Waals surface area contributed by atoms with Crippen LogP contribution in [0, 0.1) is 6.92 Å². The van der Waals surface area contributed by atoms with Gasteiger partial charge in [0.15, 0.2) is 0 Å². The van der Waals surface area contributed by atoms with Gasteiger partial charge in [0, 0.05) is 30.6 Å². The Balaban J connectivity index is 2.19. The number of methoxy groups -OCH3 is 2. The van der Waals surface area contributed by atoms with E-state index >= 15 is 0 Å². The third-order valence-corrected chi connectivity index (χ3v) is 5.15. The SMILES string of the molecule is COc1cc(C(=O)N(CCCc2ccccc2)C[C@H](O)CCC(=O)O)cc(OC)c1C. The van der Waals surface area contributed by atoms with Crippen molar-refractivity contribution < 1.29 is 29.3 Å². The maximum atomic E-state index is 13.3. The zero-order chi connectivity index (χ0) is 22.8. The number of carbonyl (C=O) groups is 2. The van der Waals surface area contributed by atoms with Crippen LogP contribution in [0.2, 0.25) is 0 Å². The van der Waals surface area contributed by atoms with Gasteiger partial charge in [-0.25, -0.2) is 0 Å². The highest BCUT2D eigenvalue weighted by Gasteiger charge is 2.22. The molecule has 7 heteroatoms. The van der Waals surface area contributed by atoms with Crippen molar-refractivity contribution in [2.75, 3.05) is 27.3 Å². The van der Waals surface area contributed by atoms with Crippen LogP contribution in [-0.4, -0.2) is 60.4 Å². The molecule has 0 aliphatic rings. The minimum absolute atomic E-state index is 0.0550. The molecule has 2 rings (SSSR count). The Kier molecular flexibility index (Phi) is 9.34. The number of nitrogens with zero attached hydrogens (tertiary/aromatic N) is 1. The van der Waals surface area contributed by atoms with Crippen molar-refractivity contribution in [3.8, 4) is 11.5 Å². The molecular formula is C24H31NO6. The van der Waals surface area contributed by atoms with Crippen molar-refractivity contribution in [1.29, 1.82) is 0 Å². The molecule has 0 fully saturated rings. The summed E-state index contributed by atoms with van der Waals surface area (Å²) in [6.07, 6.45) is 0.501. The third kappa shape index (κ3) is 7.29. The zero-order valence-electron chi connectivity index (χ0n) is 18.3. The fraction of sp³-hybridized carbons (Fsp3) is 0.417. The molecule has 0 bridgehead atoms. The van der Waals surface area contributed by atoms with Crippen LogP contribution < -0.4 is 9.47 Å². The summed E-state index contributed by atoms with van der Waals surface area (Å²) in [5.74, 6) is -0.162. The van der Waals surface area contributed by atoms with E-state index in [1.165, 1.54) is 19.8 Å². The van der Waals surface area contributed by atoms with Gasteiger partial charge in [0.05, 0.1) is 20.3 Å². The van der Waals surface area contributed by atoms with E-state index in [1.54, 1.807) is 17.0 Å². The number of carbonyl (C=O) groups excluding carboxylic acids is 1. The predicted octanol–water partition coefficient (Wildman–Crippen LogP) is 3.31. The van der Waals surface area contributed by atoms with Gasteiger partial charge in [0.25, 0.3) is 5.91 Å². The molecule has 0 aliphatic heterocycles. The van der Waals surface area contributed by atoms with Crippen molar-refractivity contribution in [3.63, 3.8) is 0 Å². The Morgan fingerprint density at radius 2 is 1.68 bits per heavy atom. The van der Waals surface area contributed by atoms with Crippen LogP contribution in [0.5, 0.6) is 11.5 Å². The van der Waals surface area contributed by atoms with E-state index in [2.05, 4.69) is 0 Å². The fourth-order valence-corrected chi connectivity index (χ4v) is 3.42. The number of benzene rings is 2. The van der Waals surface area contributed by atoms with Crippen molar-refractivity contribution >= 4 is 11.9 Å². The largest absolute Gasteiger partial charge is 0.496 e. The van der Waals surface area contributed by atoms with Crippen LogP contribution in [0.1, 0.15) is 40.7 Å². The quantitative estimate of drug-likeness (QED) is 0.537. The number of carboxylic acids is 1. The Hall–Kier alpha value is -3.06. The topological polar surface area (TPSA) is 96.3 Å². The number of aliphatic hydroxyl groups is 1. The van der Waals surface area contributed by atoms with Gasteiger partial charge in [-0.2, -0.15) is 0 Å². The molecule has 0 heterocycles. The van der Waals surface area contributed by atoms with Crippen LogP contribution in [0.15, 0.2) is 42.5 Å². The van der Waals surface area contributed by atoms with Crippen LogP contribution in [0.3, 0.4) is 0 Å². The summed E-state index contributed by atoms with van der Waals surface area (Å²) in [4.78, 5) is 25.7. The number of rotatable bonds is 12. The van der Waals surface area contributed by atoms with Gasteiger partial charge in [-0.1, -0.05) is 30.3 Å². The molecule has 0 saturated heterocycles. The Morgan fingerprint density at radius 3 is 2.23 bits per heavy atom. The highest BCUT2D eigenvalue weighted by molar-refractivity contribution is 5.95. The molecule has 0 radical (unpaired) electrons. The first-order chi connectivity index (χ1) is 14.8. The second-order valence-electron chi connectivity index (χ2n) is 7.43. The number of hydrogen-bond donors (Lipinski definition) is 2. The van der Waals surface area contributed by atoms with Gasteiger partial charge in [-0.05, 0) is 43.9 Å².